The van der Waals surface area contributed by atoms with Crippen LogP contribution in [0.2, 0.25) is 0 Å². The van der Waals surface area contributed by atoms with Gasteiger partial charge in [-0.25, -0.2) is 0 Å². The summed E-state index contributed by atoms with van der Waals surface area (Å²) < 4.78 is 0. The summed E-state index contributed by atoms with van der Waals surface area (Å²) in [4.78, 5) is 0. The van der Waals surface area contributed by atoms with Crippen LogP contribution in [0.5, 0.6) is 0 Å². The van der Waals surface area contributed by atoms with Gasteiger partial charge in [-0.3, -0.25) is 0 Å². The van der Waals surface area contributed by atoms with E-state index in [9.17, 15) is 0 Å². The first kappa shape index (κ1) is 30.7. The zero-order valence-electron chi connectivity index (χ0n) is 22.3. The molecule has 0 aromatic carbocycles. The Morgan fingerprint density at radius 1 is 0.355 bits per heavy atom. The Balaban J connectivity index is 3.01. The van der Waals surface area contributed by atoms with E-state index in [1.54, 1.807) is 0 Å². The normalized spacial score (nSPS) is 11.3. The SMILES string of the molecule is C=C(CC)CCCCCCCCCCCCCCCCCCCCCCCCCCC. The van der Waals surface area contributed by atoms with Crippen LogP contribution in [0.1, 0.15) is 187 Å². The highest BCUT2D eigenvalue weighted by Crippen LogP contribution is 2.16. The van der Waals surface area contributed by atoms with Gasteiger partial charge in [-0.05, 0) is 19.3 Å². The molecular weight excluding hydrogens is 372 g/mol. The topological polar surface area (TPSA) is 0 Å². The minimum absolute atomic E-state index is 1.17. The van der Waals surface area contributed by atoms with Crippen molar-refractivity contribution in [2.24, 2.45) is 0 Å². The first-order valence-electron chi connectivity index (χ1n) is 15.0. The molecule has 0 aromatic heterocycles. The maximum atomic E-state index is 4.10. The van der Waals surface area contributed by atoms with Crippen molar-refractivity contribution in [1.29, 1.82) is 0 Å². The molecule has 0 fully saturated rings. The van der Waals surface area contributed by atoms with Crippen molar-refractivity contribution in [3.8, 4) is 0 Å². The molecule has 31 heavy (non-hydrogen) atoms. The van der Waals surface area contributed by atoms with Crippen molar-refractivity contribution in [3.63, 3.8) is 0 Å². The molecule has 0 saturated carbocycles. The van der Waals surface area contributed by atoms with Gasteiger partial charge in [0.15, 0.2) is 0 Å². The van der Waals surface area contributed by atoms with E-state index in [4.69, 9.17) is 0 Å². The molecule has 0 saturated heterocycles. The average molecular weight is 435 g/mol. The van der Waals surface area contributed by atoms with E-state index in [0.29, 0.717) is 0 Å². The Morgan fingerprint density at radius 2 is 0.581 bits per heavy atom. The number of allylic oxidation sites excluding steroid dienone is 1. The molecule has 0 aliphatic carbocycles. The van der Waals surface area contributed by atoms with Gasteiger partial charge in [-0.2, -0.15) is 0 Å². The van der Waals surface area contributed by atoms with Crippen LogP contribution in [0, 0.1) is 0 Å². The fourth-order valence-electron chi connectivity index (χ4n) is 4.69. The molecule has 0 heteroatoms. The molecule has 0 bridgehead atoms. The summed E-state index contributed by atoms with van der Waals surface area (Å²) in [7, 11) is 0. The van der Waals surface area contributed by atoms with Crippen molar-refractivity contribution in [1.82, 2.24) is 0 Å². The van der Waals surface area contributed by atoms with Crippen LogP contribution < -0.4 is 0 Å². The van der Waals surface area contributed by atoms with Crippen molar-refractivity contribution >= 4 is 0 Å². The summed E-state index contributed by atoms with van der Waals surface area (Å²) in [5, 5.41) is 0. The Hall–Kier alpha value is -0.260. The van der Waals surface area contributed by atoms with Crippen molar-refractivity contribution in [2.75, 3.05) is 0 Å². The molecule has 0 aromatic rings. The van der Waals surface area contributed by atoms with Crippen LogP contribution in [0.4, 0.5) is 0 Å². The molecular formula is C31H62. The molecule has 0 aliphatic rings. The Kier molecular flexibility index (Phi) is 27.5. The molecule has 0 N–H and O–H groups in total. The van der Waals surface area contributed by atoms with Gasteiger partial charge in [0, 0.05) is 0 Å². The quantitative estimate of drug-likeness (QED) is 0.0890. The van der Waals surface area contributed by atoms with Crippen molar-refractivity contribution in [3.05, 3.63) is 12.2 Å². The highest BCUT2D eigenvalue weighted by atomic mass is 14.0. The van der Waals surface area contributed by atoms with Crippen LogP contribution in [0.25, 0.3) is 0 Å². The fourth-order valence-corrected chi connectivity index (χ4v) is 4.69. The lowest BCUT2D eigenvalue weighted by atomic mass is 10.0. The van der Waals surface area contributed by atoms with E-state index in [0.717, 1.165) is 0 Å². The smallest absolute Gasteiger partial charge is 0.0323 e. The molecule has 0 spiro atoms. The van der Waals surface area contributed by atoms with Crippen LogP contribution in [0.15, 0.2) is 12.2 Å². The highest BCUT2D eigenvalue weighted by molar-refractivity contribution is 4.91. The molecule has 186 valence electrons. The van der Waals surface area contributed by atoms with Crippen molar-refractivity contribution < 1.29 is 0 Å². The monoisotopic (exact) mass is 434 g/mol. The Labute approximate surface area is 199 Å². The molecule has 0 aliphatic heterocycles. The largest absolute Gasteiger partial charge is 0.0999 e. The minimum atomic E-state index is 1.17. The van der Waals surface area contributed by atoms with Crippen LogP contribution in [0.3, 0.4) is 0 Å². The standard InChI is InChI=1S/C31H62/c1-4-6-7-8-9-10-11-12-13-14-15-16-17-18-19-20-21-22-23-24-25-26-27-28-29-30-31(3)5-2/h3-30H2,1-2H3. The third kappa shape index (κ3) is 27.7. The Morgan fingerprint density at radius 3 is 0.806 bits per heavy atom. The Bertz CT molecular complexity index is 329. The number of hydrogen-bond acceptors (Lipinski definition) is 0. The molecule has 0 radical (unpaired) electrons. The molecule has 0 nitrogen and oxygen atoms in total. The summed E-state index contributed by atoms with van der Waals surface area (Å²) in [6, 6.07) is 0. The molecule has 0 unspecified atom stereocenters. The van der Waals surface area contributed by atoms with Crippen LogP contribution in [-0.2, 0) is 0 Å². The summed E-state index contributed by atoms with van der Waals surface area (Å²) in [5.74, 6) is 0. The van der Waals surface area contributed by atoms with Gasteiger partial charge in [0.1, 0.15) is 0 Å². The van der Waals surface area contributed by atoms with E-state index in [1.807, 2.05) is 0 Å². The van der Waals surface area contributed by atoms with E-state index < -0.39 is 0 Å². The average Bonchev–Trinajstić information content (AvgIpc) is 2.78. The fraction of sp³-hybridized carbons (Fsp3) is 0.935. The summed E-state index contributed by atoms with van der Waals surface area (Å²) in [6.45, 7) is 8.63. The van der Waals surface area contributed by atoms with Crippen LogP contribution >= 0.6 is 0 Å². The molecule has 0 amide bonds. The zero-order valence-corrected chi connectivity index (χ0v) is 22.3. The predicted octanol–water partition coefficient (Wildman–Crippen LogP) is 12.1. The lowest BCUT2D eigenvalue weighted by molar-refractivity contribution is 0.516. The van der Waals surface area contributed by atoms with Gasteiger partial charge >= 0.3 is 0 Å². The van der Waals surface area contributed by atoms with Crippen LogP contribution in [-0.4, -0.2) is 0 Å². The first-order valence-corrected chi connectivity index (χ1v) is 15.0. The zero-order chi connectivity index (χ0) is 22.7. The lowest BCUT2D eigenvalue weighted by Crippen LogP contribution is -1.85. The second-order valence-corrected chi connectivity index (χ2v) is 10.3. The second-order valence-electron chi connectivity index (χ2n) is 10.3. The number of rotatable bonds is 27. The maximum Gasteiger partial charge on any atom is -0.0323 e. The van der Waals surface area contributed by atoms with Crippen molar-refractivity contribution in [2.45, 2.75) is 187 Å². The van der Waals surface area contributed by atoms with E-state index in [1.165, 1.54) is 179 Å². The van der Waals surface area contributed by atoms with Gasteiger partial charge < -0.3 is 0 Å². The number of hydrogen-bond donors (Lipinski definition) is 0. The maximum absolute atomic E-state index is 4.10. The third-order valence-electron chi connectivity index (χ3n) is 7.13. The van der Waals surface area contributed by atoms with E-state index in [-0.39, 0.29) is 0 Å². The summed E-state index contributed by atoms with van der Waals surface area (Å²) in [6.07, 6.45) is 39.1. The van der Waals surface area contributed by atoms with Gasteiger partial charge in [0.2, 0.25) is 0 Å². The molecule has 0 rings (SSSR count). The lowest BCUT2D eigenvalue weighted by Gasteiger charge is -2.05. The van der Waals surface area contributed by atoms with Gasteiger partial charge in [-0.1, -0.05) is 180 Å². The predicted molar refractivity (Wildman–Crippen MR) is 145 cm³/mol. The second kappa shape index (κ2) is 27.8. The van der Waals surface area contributed by atoms with Gasteiger partial charge in [0.25, 0.3) is 0 Å². The molecule has 0 heterocycles. The summed E-state index contributed by atoms with van der Waals surface area (Å²) in [5.41, 5.74) is 1.44. The first-order chi connectivity index (χ1) is 15.3. The number of unbranched alkanes of at least 4 members (excludes halogenated alkanes) is 24. The summed E-state index contributed by atoms with van der Waals surface area (Å²) >= 11 is 0. The highest BCUT2D eigenvalue weighted by Gasteiger charge is 1.96. The van der Waals surface area contributed by atoms with E-state index >= 15 is 0 Å². The third-order valence-corrected chi connectivity index (χ3v) is 7.13. The minimum Gasteiger partial charge on any atom is -0.0999 e. The molecule has 0 atom stereocenters. The van der Waals surface area contributed by atoms with E-state index in [2.05, 4.69) is 20.4 Å². The van der Waals surface area contributed by atoms with Gasteiger partial charge in [-0.15, -0.1) is 0 Å². The van der Waals surface area contributed by atoms with Gasteiger partial charge in [0.05, 0.1) is 0 Å².